The van der Waals surface area contributed by atoms with E-state index in [9.17, 15) is 14.3 Å². The quantitative estimate of drug-likeness (QED) is 0.694. The van der Waals surface area contributed by atoms with Crippen molar-refractivity contribution in [1.29, 1.82) is 0 Å². The largest absolute Gasteiger partial charge is 0.479 e. The molecule has 0 aliphatic heterocycles. The first-order valence-electron chi connectivity index (χ1n) is 4.83. The standard InChI is InChI=1S/C11H14FNO3/c1-11(16,10(14)15)7-13-6-8-3-2-4-9(12)5-8/h2-5,13,16H,6-7H2,1H3,(H,14,15). The number of carboxylic acids is 1. The molecule has 5 heteroatoms. The molecule has 16 heavy (non-hydrogen) atoms. The molecule has 1 unspecified atom stereocenters. The van der Waals surface area contributed by atoms with Crippen LogP contribution in [0.5, 0.6) is 0 Å². The normalized spacial score (nSPS) is 14.4. The van der Waals surface area contributed by atoms with Gasteiger partial charge < -0.3 is 15.5 Å². The van der Waals surface area contributed by atoms with Gasteiger partial charge in [-0.3, -0.25) is 0 Å². The van der Waals surface area contributed by atoms with Gasteiger partial charge in [-0.05, 0) is 24.6 Å². The summed E-state index contributed by atoms with van der Waals surface area (Å²) in [6.07, 6.45) is 0. The highest BCUT2D eigenvalue weighted by atomic mass is 19.1. The fourth-order valence-corrected chi connectivity index (χ4v) is 1.17. The van der Waals surface area contributed by atoms with E-state index in [1.54, 1.807) is 12.1 Å². The molecule has 88 valence electrons. The SMILES string of the molecule is CC(O)(CNCc1cccc(F)c1)C(=O)O. The number of carbonyl (C=O) groups is 1. The third kappa shape index (κ3) is 3.60. The van der Waals surface area contributed by atoms with Crippen LogP contribution < -0.4 is 5.32 Å². The van der Waals surface area contributed by atoms with Crippen molar-refractivity contribution in [1.82, 2.24) is 5.32 Å². The fraction of sp³-hybridized carbons (Fsp3) is 0.364. The summed E-state index contributed by atoms with van der Waals surface area (Å²) in [6, 6.07) is 5.96. The van der Waals surface area contributed by atoms with Crippen molar-refractivity contribution >= 4 is 5.97 Å². The van der Waals surface area contributed by atoms with Crippen molar-refractivity contribution in [2.45, 2.75) is 19.1 Å². The third-order valence-electron chi connectivity index (χ3n) is 2.15. The van der Waals surface area contributed by atoms with Gasteiger partial charge in [-0.25, -0.2) is 9.18 Å². The summed E-state index contributed by atoms with van der Waals surface area (Å²) in [6.45, 7) is 1.41. The fourth-order valence-electron chi connectivity index (χ4n) is 1.17. The van der Waals surface area contributed by atoms with Crippen LogP contribution in [0.3, 0.4) is 0 Å². The van der Waals surface area contributed by atoms with E-state index in [2.05, 4.69) is 5.32 Å². The van der Waals surface area contributed by atoms with Gasteiger partial charge in [-0.1, -0.05) is 12.1 Å². The lowest BCUT2D eigenvalue weighted by atomic mass is 10.1. The molecule has 0 bridgehead atoms. The highest BCUT2D eigenvalue weighted by Gasteiger charge is 2.28. The van der Waals surface area contributed by atoms with Crippen molar-refractivity contribution in [2.75, 3.05) is 6.54 Å². The summed E-state index contributed by atoms with van der Waals surface area (Å²) in [7, 11) is 0. The Morgan fingerprint density at radius 1 is 1.56 bits per heavy atom. The van der Waals surface area contributed by atoms with Crippen molar-refractivity contribution in [3.05, 3.63) is 35.6 Å². The monoisotopic (exact) mass is 227 g/mol. The molecule has 1 aromatic rings. The molecule has 0 spiro atoms. The molecule has 0 amide bonds. The number of carboxylic acid groups (broad SMARTS) is 1. The van der Waals surface area contributed by atoms with Crippen LogP contribution >= 0.6 is 0 Å². The van der Waals surface area contributed by atoms with Gasteiger partial charge in [0, 0.05) is 13.1 Å². The highest BCUT2D eigenvalue weighted by molar-refractivity contribution is 5.76. The molecule has 1 aromatic carbocycles. The maximum absolute atomic E-state index is 12.8. The summed E-state index contributed by atoms with van der Waals surface area (Å²) in [5, 5.41) is 20.8. The molecular formula is C11H14FNO3. The second kappa shape index (κ2) is 5.05. The number of nitrogens with one attached hydrogen (secondary N) is 1. The third-order valence-corrected chi connectivity index (χ3v) is 2.15. The second-order valence-corrected chi connectivity index (χ2v) is 3.81. The Hall–Kier alpha value is -1.46. The van der Waals surface area contributed by atoms with E-state index in [0.717, 1.165) is 0 Å². The Morgan fingerprint density at radius 2 is 2.25 bits per heavy atom. The molecular weight excluding hydrogens is 213 g/mol. The van der Waals surface area contributed by atoms with Crippen molar-refractivity contribution in [3.8, 4) is 0 Å². The maximum Gasteiger partial charge on any atom is 0.336 e. The van der Waals surface area contributed by atoms with Crippen LogP contribution in [0.25, 0.3) is 0 Å². The van der Waals surface area contributed by atoms with Crippen molar-refractivity contribution in [3.63, 3.8) is 0 Å². The number of aliphatic hydroxyl groups is 1. The molecule has 1 atom stereocenters. The summed E-state index contributed by atoms with van der Waals surface area (Å²) in [5.41, 5.74) is -1.12. The molecule has 0 aromatic heterocycles. The smallest absolute Gasteiger partial charge is 0.336 e. The lowest BCUT2D eigenvalue weighted by Crippen LogP contribution is -2.44. The second-order valence-electron chi connectivity index (χ2n) is 3.81. The first kappa shape index (κ1) is 12.6. The van der Waals surface area contributed by atoms with Gasteiger partial charge in [0.1, 0.15) is 5.82 Å². The molecule has 0 radical (unpaired) electrons. The zero-order chi connectivity index (χ0) is 12.2. The van der Waals surface area contributed by atoms with E-state index >= 15 is 0 Å². The van der Waals surface area contributed by atoms with Gasteiger partial charge in [-0.2, -0.15) is 0 Å². The minimum Gasteiger partial charge on any atom is -0.479 e. The average molecular weight is 227 g/mol. The number of benzene rings is 1. The van der Waals surface area contributed by atoms with Gasteiger partial charge in [0.25, 0.3) is 0 Å². The summed E-state index contributed by atoms with van der Waals surface area (Å²) < 4.78 is 12.8. The van der Waals surface area contributed by atoms with Crippen LogP contribution in [0.2, 0.25) is 0 Å². The van der Waals surface area contributed by atoms with Gasteiger partial charge in [0.05, 0.1) is 0 Å². The van der Waals surface area contributed by atoms with Gasteiger partial charge in [0.15, 0.2) is 5.60 Å². The van der Waals surface area contributed by atoms with E-state index in [1.165, 1.54) is 19.1 Å². The molecule has 4 nitrogen and oxygen atoms in total. The van der Waals surface area contributed by atoms with E-state index in [1.807, 2.05) is 0 Å². The Labute approximate surface area is 92.7 Å². The zero-order valence-corrected chi connectivity index (χ0v) is 8.90. The van der Waals surface area contributed by atoms with Crippen LogP contribution in [0.1, 0.15) is 12.5 Å². The molecule has 0 saturated carbocycles. The summed E-state index contributed by atoms with van der Waals surface area (Å²) in [4.78, 5) is 10.6. The lowest BCUT2D eigenvalue weighted by Gasteiger charge is -2.18. The van der Waals surface area contributed by atoms with E-state index < -0.39 is 11.6 Å². The maximum atomic E-state index is 12.8. The topological polar surface area (TPSA) is 69.6 Å². The first-order valence-corrected chi connectivity index (χ1v) is 4.83. The predicted molar refractivity (Wildman–Crippen MR) is 56.4 cm³/mol. The van der Waals surface area contributed by atoms with Crippen LogP contribution in [0, 0.1) is 5.82 Å². The Morgan fingerprint density at radius 3 is 2.81 bits per heavy atom. The number of halogens is 1. The average Bonchev–Trinajstić information content (AvgIpc) is 2.17. The highest BCUT2D eigenvalue weighted by Crippen LogP contribution is 2.05. The summed E-state index contributed by atoms with van der Waals surface area (Å²) in [5.74, 6) is -1.64. The zero-order valence-electron chi connectivity index (χ0n) is 8.90. The Balaban J connectivity index is 2.45. The molecule has 0 heterocycles. The Kier molecular flexibility index (Phi) is 3.98. The van der Waals surface area contributed by atoms with E-state index in [0.29, 0.717) is 12.1 Å². The number of rotatable bonds is 5. The van der Waals surface area contributed by atoms with Crippen LogP contribution in [-0.4, -0.2) is 28.3 Å². The van der Waals surface area contributed by atoms with Crippen LogP contribution in [0.4, 0.5) is 4.39 Å². The van der Waals surface area contributed by atoms with Crippen molar-refractivity contribution in [2.24, 2.45) is 0 Å². The number of hydrogen-bond donors (Lipinski definition) is 3. The minimum absolute atomic E-state index is 0.0984. The minimum atomic E-state index is -1.81. The Bertz CT molecular complexity index is 379. The van der Waals surface area contributed by atoms with E-state index in [4.69, 9.17) is 5.11 Å². The predicted octanol–water partition coefficient (Wildman–Crippen LogP) is 0.751. The number of aliphatic carboxylic acids is 1. The molecule has 1 rings (SSSR count). The van der Waals surface area contributed by atoms with Gasteiger partial charge in [-0.15, -0.1) is 0 Å². The lowest BCUT2D eigenvalue weighted by molar-refractivity contribution is -0.156. The van der Waals surface area contributed by atoms with Gasteiger partial charge >= 0.3 is 5.97 Å². The molecule has 3 N–H and O–H groups in total. The molecule has 0 aliphatic rings. The van der Waals surface area contributed by atoms with Crippen molar-refractivity contribution < 1.29 is 19.4 Å². The first-order chi connectivity index (χ1) is 7.42. The molecule has 0 saturated heterocycles. The van der Waals surface area contributed by atoms with Crippen LogP contribution in [-0.2, 0) is 11.3 Å². The van der Waals surface area contributed by atoms with E-state index in [-0.39, 0.29) is 12.4 Å². The van der Waals surface area contributed by atoms with Gasteiger partial charge in [0.2, 0.25) is 0 Å². The number of hydrogen-bond acceptors (Lipinski definition) is 3. The molecule has 0 aliphatic carbocycles. The van der Waals surface area contributed by atoms with Crippen LogP contribution in [0.15, 0.2) is 24.3 Å². The summed E-state index contributed by atoms with van der Waals surface area (Å²) >= 11 is 0. The molecule has 0 fully saturated rings.